The van der Waals surface area contributed by atoms with Crippen LogP contribution in [0.2, 0.25) is 0 Å². The molecule has 1 saturated heterocycles. The summed E-state index contributed by atoms with van der Waals surface area (Å²) in [6.07, 6.45) is 1.97. The van der Waals surface area contributed by atoms with Gasteiger partial charge < -0.3 is 9.84 Å². The Morgan fingerprint density at radius 2 is 2.07 bits per heavy atom. The molecule has 0 spiro atoms. The fraction of sp³-hybridized carbons (Fsp3) is 0.778. The van der Waals surface area contributed by atoms with Crippen molar-refractivity contribution >= 4 is 23.7 Å². The van der Waals surface area contributed by atoms with Crippen molar-refractivity contribution in [3.05, 3.63) is 0 Å². The molecule has 1 fully saturated rings. The molecule has 0 aromatic carbocycles. The number of aliphatic carboxylic acids is 1. The van der Waals surface area contributed by atoms with Crippen LogP contribution in [0.4, 0.5) is 0 Å². The van der Waals surface area contributed by atoms with Gasteiger partial charge in [0.15, 0.2) is 0 Å². The van der Waals surface area contributed by atoms with Crippen molar-refractivity contribution in [2.24, 2.45) is 0 Å². The molecule has 0 radical (unpaired) electrons. The van der Waals surface area contributed by atoms with Gasteiger partial charge in [0.2, 0.25) is 0 Å². The van der Waals surface area contributed by atoms with Crippen molar-refractivity contribution in [3.63, 3.8) is 0 Å². The molecule has 0 bridgehead atoms. The van der Waals surface area contributed by atoms with E-state index in [9.17, 15) is 9.59 Å². The standard InChI is InChI=1S/C9H14O4S/c1-2-5-13-9(12)7-4-3-6(14-7)8(10)11/h6-7H,2-5H2,1H3,(H,10,11). The van der Waals surface area contributed by atoms with Crippen LogP contribution in [0.5, 0.6) is 0 Å². The van der Waals surface area contributed by atoms with Crippen molar-refractivity contribution in [1.29, 1.82) is 0 Å². The topological polar surface area (TPSA) is 63.6 Å². The number of rotatable bonds is 4. The van der Waals surface area contributed by atoms with E-state index < -0.39 is 11.2 Å². The summed E-state index contributed by atoms with van der Waals surface area (Å²) in [5.74, 6) is -1.10. The maximum Gasteiger partial charge on any atom is 0.319 e. The molecule has 0 aromatic heterocycles. The van der Waals surface area contributed by atoms with E-state index in [1.165, 1.54) is 11.8 Å². The van der Waals surface area contributed by atoms with Gasteiger partial charge in [-0.25, -0.2) is 0 Å². The smallest absolute Gasteiger partial charge is 0.319 e. The van der Waals surface area contributed by atoms with Crippen LogP contribution in [0.1, 0.15) is 26.2 Å². The molecule has 2 atom stereocenters. The van der Waals surface area contributed by atoms with Crippen LogP contribution >= 0.6 is 11.8 Å². The average Bonchev–Trinajstić information content (AvgIpc) is 2.62. The van der Waals surface area contributed by atoms with Gasteiger partial charge in [-0.2, -0.15) is 0 Å². The molecule has 5 heteroatoms. The van der Waals surface area contributed by atoms with Crippen molar-refractivity contribution in [2.45, 2.75) is 36.7 Å². The summed E-state index contributed by atoms with van der Waals surface area (Å²) < 4.78 is 4.95. The molecule has 1 heterocycles. The highest BCUT2D eigenvalue weighted by Gasteiger charge is 2.35. The Morgan fingerprint density at radius 1 is 1.43 bits per heavy atom. The zero-order chi connectivity index (χ0) is 10.6. The van der Waals surface area contributed by atoms with Gasteiger partial charge in [0.25, 0.3) is 0 Å². The van der Waals surface area contributed by atoms with E-state index in [-0.39, 0.29) is 11.2 Å². The van der Waals surface area contributed by atoms with Gasteiger partial charge >= 0.3 is 11.9 Å². The molecule has 1 aliphatic heterocycles. The molecule has 1 aliphatic rings. The molecule has 1 rings (SSSR count). The maximum atomic E-state index is 11.3. The first-order chi connectivity index (χ1) is 6.65. The van der Waals surface area contributed by atoms with Gasteiger partial charge in [0, 0.05) is 0 Å². The third-order valence-corrected chi connectivity index (χ3v) is 3.53. The maximum absolute atomic E-state index is 11.3. The number of carbonyl (C=O) groups excluding carboxylic acids is 1. The highest BCUT2D eigenvalue weighted by atomic mass is 32.2. The van der Waals surface area contributed by atoms with E-state index in [0.29, 0.717) is 19.4 Å². The van der Waals surface area contributed by atoms with Gasteiger partial charge in [-0.3, -0.25) is 9.59 Å². The third kappa shape index (κ3) is 2.90. The SMILES string of the molecule is CCCOC(=O)C1CCC(C(=O)O)S1. The number of carboxylic acids is 1. The zero-order valence-corrected chi connectivity index (χ0v) is 8.88. The Labute approximate surface area is 87.0 Å². The average molecular weight is 218 g/mol. The summed E-state index contributed by atoms with van der Waals surface area (Å²) in [4.78, 5) is 21.9. The van der Waals surface area contributed by atoms with Gasteiger partial charge in [0.05, 0.1) is 6.61 Å². The minimum Gasteiger partial charge on any atom is -0.480 e. The minimum absolute atomic E-state index is 0.263. The van der Waals surface area contributed by atoms with E-state index >= 15 is 0 Å². The summed E-state index contributed by atoms with van der Waals surface area (Å²) in [6, 6.07) is 0. The van der Waals surface area contributed by atoms with Gasteiger partial charge in [-0.1, -0.05) is 6.92 Å². The van der Waals surface area contributed by atoms with Crippen LogP contribution in [-0.4, -0.2) is 34.2 Å². The van der Waals surface area contributed by atoms with Crippen molar-refractivity contribution in [1.82, 2.24) is 0 Å². The van der Waals surface area contributed by atoms with Crippen LogP contribution in [0.25, 0.3) is 0 Å². The van der Waals surface area contributed by atoms with Gasteiger partial charge in [-0.05, 0) is 19.3 Å². The normalized spacial score (nSPS) is 26.1. The Balaban J connectivity index is 2.34. The second-order valence-electron chi connectivity index (χ2n) is 3.20. The molecule has 14 heavy (non-hydrogen) atoms. The minimum atomic E-state index is -0.833. The van der Waals surface area contributed by atoms with E-state index in [4.69, 9.17) is 9.84 Å². The molecule has 4 nitrogen and oxygen atoms in total. The van der Waals surface area contributed by atoms with E-state index in [2.05, 4.69) is 0 Å². The summed E-state index contributed by atoms with van der Waals surface area (Å²) in [7, 11) is 0. The fourth-order valence-corrected chi connectivity index (χ4v) is 2.52. The van der Waals surface area contributed by atoms with Crippen LogP contribution in [0.3, 0.4) is 0 Å². The Morgan fingerprint density at radius 3 is 2.57 bits per heavy atom. The van der Waals surface area contributed by atoms with E-state index in [0.717, 1.165) is 6.42 Å². The fourth-order valence-electron chi connectivity index (χ4n) is 1.29. The van der Waals surface area contributed by atoms with Crippen LogP contribution in [-0.2, 0) is 14.3 Å². The lowest BCUT2D eigenvalue weighted by molar-refractivity contribution is -0.143. The lowest BCUT2D eigenvalue weighted by Crippen LogP contribution is -2.19. The number of carbonyl (C=O) groups is 2. The predicted octanol–water partition coefficient (Wildman–Crippen LogP) is 1.29. The van der Waals surface area contributed by atoms with Gasteiger partial charge in [0.1, 0.15) is 10.5 Å². The molecule has 0 saturated carbocycles. The molecular formula is C9H14O4S. The Bertz CT molecular complexity index is 229. The van der Waals surface area contributed by atoms with Gasteiger partial charge in [-0.15, -0.1) is 11.8 Å². The lowest BCUT2D eigenvalue weighted by atomic mass is 10.2. The zero-order valence-electron chi connectivity index (χ0n) is 8.06. The first-order valence-corrected chi connectivity index (χ1v) is 5.64. The molecule has 0 aliphatic carbocycles. The highest BCUT2D eigenvalue weighted by molar-refractivity contribution is 8.02. The number of hydrogen-bond acceptors (Lipinski definition) is 4. The first-order valence-electron chi connectivity index (χ1n) is 4.70. The Kier molecular flexibility index (Phi) is 4.25. The van der Waals surface area contributed by atoms with Crippen molar-refractivity contribution in [2.75, 3.05) is 6.61 Å². The molecule has 0 amide bonds. The summed E-state index contributed by atoms with van der Waals surface area (Å²) in [6.45, 7) is 2.35. The monoisotopic (exact) mass is 218 g/mol. The highest BCUT2D eigenvalue weighted by Crippen LogP contribution is 2.34. The predicted molar refractivity (Wildman–Crippen MR) is 53.3 cm³/mol. The molecular weight excluding hydrogens is 204 g/mol. The number of carboxylic acid groups (broad SMARTS) is 1. The van der Waals surface area contributed by atoms with E-state index in [1.807, 2.05) is 6.92 Å². The van der Waals surface area contributed by atoms with E-state index in [1.54, 1.807) is 0 Å². The second kappa shape index (κ2) is 5.24. The summed E-state index contributed by atoms with van der Waals surface area (Å²) >= 11 is 1.20. The number of thioether (sulfide) groups is 1. The van der Waals surface area contributed by atoms with Crippen LogP contribution < -0.4 is 0 Å². The van der Waals surface area contributed by atoms with Crippen LogP contribution in [0, 0.1) is 0 Å². The van der Waals surface area contributed by atoms with Crippen molar-refractivity contribution in [3.8, 4) is 0 Å². The quantitative estimate of drug-likeness (QED) is 0.720. The first kappa shape index (κ1) is 11.4. The number of ether oxygens (including phenoxy) is 1. The van der Waals surface area contributed by atoms with Crippen molar-refractivity contribution < 1.29 is 19.4 Å². The summed E-state index contributed by atoms with van der Waals surface area (Å²) in [5, 5.41) is 8.00. The largest absolute Gasteiger partial charge is 0.480 e. The molecule has 2 unspecified atom stereocenters. The number of hydrogen-bond donors (Lipinski definition) is 1. The molecule has 0 aromatic rings. The second-order valence-corrected chi connectivity index (χ2v) is 4.61. The Hall–Kier alpha value is -0.710. The summed E-state index contributed by atoms with van der Waals surface area (Å²) in [5.41, 5.74) is 0. The number of esters is 1. The van der Waals surface area contributed by atoms with Crippen LogP contribution in [0.15, 0.2) is 0 Å². The molecule has 1 N–H and O–H groups in total. The molecule has 80 valence electrons. The third-order valence-electron chi connectivity index (χ3n) is 2.01. The lowest BCUT2D eigenvalue weighted by Gasteiger charge is -2.08.